The van der Waals surface area contributed by atoms with Crippen LogP contribution in [0.25, 0.3) is 11.1 Å². The highest BCUT2D eigenvalue weighted by Crippen LogP contribution is 2.57. The molecule has 33 heavy (non-hydrogen) atoms. The molecule has 2 aliphatic rings. The maximum Gasteiger partial charge on any atom is 0.0837 e. The Hall–Kier alpha value is -3.07. The quantitative estimate of drug-likeness (QED) is 0.256. The zero-order valence-electron chi connectivity index (χ0n) is 20.7. The molecule has 170 valence electrons. The van der Waals surface area contributed by atoms with Gasteiger partial charge in [0.2, 0.25) is 0 Å². The Labute approximate surface area is 197 Å². The second kappa shape index (κ2) is 7.48. The topological polar surface area (TPSA) is 35.8 Å². The molecular weight excluding hydrogens is 404 g/mol. The van der Waals surface area contributed by atoms with Crippen molar-refractivity contribution >= 4 is 17.1 Å². The van der Waals surface area contributed by atoms with Crippen LogP contribution in [0, 0.1) is 0 Å². The van der Waals surface area contributed by atoms with Gasteiger partial charge in [-0.15, -0.1) is 0 Å². The number of fused-ring (bicyclic) bond motifs is 5. The van der Waals surface area contributed by atoms with E-state index in [2.05, 4.69) is 99.3 Å². The van der Waals surface area contributed by atoms with Crippen molar-refractivity contribution in [3.05, 3.63) is 82.4 Å². The summed E-state index contributed by atoms with van der Waals surface area (Å²) < 4.78 is 0. The van der Waals surface area contributed by atoms with E-state index in [1.807, 2.05) is 6.92 Å². The molecule has 1 heterocycles. The average molecular weight is 439 g/mol. The van der Waals surface area contributed by atoms with Gasteiger partial charge in [0.15, 0.2) is 0 Å². The first-order valence-corrected chi connectivity index (χ1v) is 12.2. The molecule has 3 nitrogen and oxygen atoms in total. The van der Waals surface area contributed by atoms with Gasteiger partial charge in [0.25, 0.3) is 0 Å². The summed E-state index contributed by atoms with van der Waals surface area (Å²) in [6, 6.07) is 20.4. The van der Waals surface area contributed by atoms with Crippen LogP contribution >= 0.6 is 0 Å². The maximum absolute atomic E-state index is 9.35. The number of anilines is 2. The summed E-state index contributed by atoms with van der Waals surface area (Å²) in [6.45, 7) is 14.3. The van der Waals surface area contributed by atoms with E-state index >= 15 is 0 Å². The van der Waals surface area contributed by atoms with E-state index in [0.717, 1.165) is 24.9 Å². The van der Waals surface area contributed by atoms with E-state index in [1.54, 1.807) is 0 Å². The molecular formula is C30H34N2O. The molecule has 0 saturated heterocycles. The summed E-state index contributed by atoms with van der Waals surface area (Å²) in [6.07, 6.45) is 2.20. The molecule has 0 unspecified atom stereocenters. The number of rotatable bonds is 4. The van der Waals surface area contributed by atoms with E-state index < -0.39 is 0 Å². The van der Waals surface area contributed by atoms with Crippen LogP contribution in [-0.2, 0) is 10.8 Å². The summed E-state index contributed by atoms with van der Waals surface area (Å²) in [5.41, 5.74) is 12.5. The molecule has 0 atom stereocenters. The van der Waals surface area contributed by atoms with Crippen LogP contribution in [0.4, 0.5) is 11.4 Å². The van der Waals surface area contributed by atoms with Gasteiger partial charge < -0.3 is 10.1 Å². The van der Waals surface area contributed by atoms with E-state index in [4.69, 9.17) is 0 Å². The first-order valence-electron chi connectivity index (χ1n) is 12.2. The minimum absolute atomic E-state index is 0.0728. The predicted molar refractivity (Wildman–Crippen MR) is 138 cm³/mol. The van der Waals surface area contributed by atoms with Crippen molar-refractivity contribution in [2.24, 2.45) is 5.16 Å². The first-order chi connectivity index (χ1) is 15.8. The normalized spacial score (nSPS) is 17.3. The van der Waals surface area contributed by atoms with Crippen LogP contribution in [0.15, 0.2) is 59.8 Å². The highest BCUT2D eigenvalue weighted by Gasteiger charge is 2.44. The molecule has 1 N–H and O–H groups in total. The SMILES string of the molecule is CCN1c2ccc(/C(C)=N/O)cc2C(C)(C)c2cc3c(cc21)C(CC)(CC)c1ccccc1-3. The van der Waals surface area contributed by atoms with Gasteiger partial charge >= 0.3 is 0 Å². The molecule has 0 spiro atoms. The fraction of sp³-hybridized carbons (Fsp3) is 0.367. The average Bonchev–Trinajstić information content (AvgIpc) is 3.12. The van der Waals surface area contributed by atoms with E-state index in [1.165, 1.54) is 44.8 Å². The number of hydrogen-bond donors (Lipinski definition) is 1. The summed E-state index contributed by atoms with van der Waals surface area (Å²) in [7, 11) is 0. The highest BCUT2D eigenvalue weighted by molar-refractivity contribution is 5.99. The van der Waals surface area contributed by atoms with Gasteiger partial charge in [0.05, 0.1) is 5.71 Å². The molecule has 1 aliphatic heterocycles. The third kappa shape index (κ3) is 2.78. The van der Waals surface area contributed by atoms with Crippen molar-refractivity contribution in [3.8, 4) is 11.1 Å². The zero-order valence-corrected chi connectivity index (χ0v) is 20.7. The van der Waals surface area contributed by atoms with Gasteiger partial charge in [-0.25, -0.2) is 0 Å². The van der Waals surface area contributed by atoms with Crippen molar-refractivity contribution in [3.63, 3.8) is 0 Å². The second-order valence-corrected chi connectivity index (χ2v) is 10.0. The lowest BCUT2D eigenvalue weighted by Crippen LogP contribution is -2.34. The Morgan fingerprint density at radius 2 is 1.52 bits per heavy atom. The lowest BCUT2D eigenvalue weighted by atomic mass is 9.70. The molecule has 0 radical (unpaired) electrons. The summed E-state index contributed by atoms with van der Waals surface area (Å²) in [5, 5.41) is 12.8. The lowest BCUT2D eigenvalue weighted by Gasteiger charge is -2.43. The van der Waals surface area contributed by atoms with E-state index in [9.17, 15) is 5.21 Å². The van der Waals surface area contributed by atoms with Crippen molar-refractivity contribution in [2.45, 2.75) is 65.2 Å². The van der Waals surface area contributed by atoms with Gasteiger partial charge in [-0.2, -0.15) is 0 Å². The summed E-state index contributed by atoms with van der Waals surface area (Å²) in [5.74, 6) is 0. The first kappa shape index (κ1) is 21.8. The van der Waals surface area contributed by atoms with Crippen LogP contribution in [0.2, 0.25) is 0 Å². The minimum Gasteiger partial charge on any atom is -0.411 e. The third-order valence-electron chi connectivity index (χ3n) is 8.40. The smallest absolute Gasteiger partial charge is 0.0837 e. The number of oxime groups is 1. The van der Waals surface area contributed by atoms with Crippen molar-refractivity contribution in [1.82, 2.24) is 0 Å². The molecule has 0 bridgehead atoms. The van der Waals surface area contributed by atoms with E-state index in [-0.39, 0.29) is 10.8 Å². The van der Waals surface area contributed by atoms with Gasteiger partial charge in [0.1, 0.15) is 0 Å². The highest BCUT2D eigenvalue weighted by atomic mass is 16.4. The largest absolute Gasteiger partial charge is 0.411 e. The molecule has 0 aromatic heterocycles. The van der Waals surface area contributed by atoms with Gasteiger partial charge in [0, 0.05) is 28.7 Å². The fourth-order valence-electron chi connectivity index (χ4n) is 6.39. The van der Waals surface area contributed by atoms with Crippen molar-refractivity contribution in [2.75, 3.05) is 11.4 Å². The molecule has 0 saturated carbocycles. The number of hydrogen-bond acceptors (Lipinski definition) is 3. The molecule has 0 fully saturated rings. The predicted octanol–water partition coefficient (Wildman–Crippen LogP) is 7.77. The van der Waals surface area contributed by atoms with Crippen LogP contribution in [0.1, 0.15) is 82.2 Å². The van der Waals surface area contributed by atoms with Crippen molar-refractivity contribution < 1.29 is 5.21 Å². The van der Waals surface area contributed by atoms with E-state index in [0.29, 0.717) is 5.71 Å². The van der Waals surface area contributed by atoms with Gasteiger partial charge in [-0.3, -0.25) is 0 Å². The van der Waals surface area contributed by atoms with Crippen LogP contribution in [0.5, 0.6) is 0 Å². The van der Waals surface area contributed by atoms with Gasteiger partial charge in [-0.1, -0.05) is 63.2 Å². The summed E-state index contributed by atoms with van der Waals surface area (Å²) >= 11 is 0. The molecule has 1 aliphatic carbocycles. The van der Waals surface area contributed by atoms with Crippen molar-refractivity contribution in [1.29, 1.82) is 0 Å². The maximum atomic E-state index is 9.35. The molecule has 5 rings (SSSR count). The standard InChI is InChI=1S/C30H34N2O/c1-7-30(8-2)23-13-11-10-12-21(23)22-17-26-28(18-24(22)30)32(9-3)27-15-14-20(19(4)31-33)16-25(27)29(26,5)6/h10-18,33H,7-9H2,1-6H3/b31-19+. The number of benzene rings is 3. The summed E-state index contributed by atoms with van der Waals surface area (Å²) in [4.78, 5) is 2.46. The Morgan fingerprint density at radius 3 is 2.18 bits per heavy atom. The molecule has 3 heteroatoms. The Kier molecular flexibility index (Phi) is 4.93. The zero-order chi connectivity index (χ0) is 23.5. The third-order valence-corrected chi connectivity index (χ3v) is 8.40. The Morgan fingerprint density at radius 1 is 0.818 bits per heavy atom. The minimum atomic E-state index is -0.171. The number of nitrogens with zero attached hydrogens (tertiary/aromatic N) is 2. The fourth-order valence-corrected chi connectivity index (χ4v) is 6.39. The van der Waals surface area contributed by atoms with Gasteiger partial charge in [-0.05, 0) is 89.9 Å². The lowest BCUT2D eigenvalue weighted by molar-refractivity contribution is 0.319. The van der Waals surface area contributed by atoms with Crippen LogP contribution in [0.3, 0.4) is 0 Å². The Bertz CT molecular complexity index is 1280. The van der Waals surface area contributed by atoms with Crippen LogP contribution < -0.4 is 4.90 Å². The second-order valence-electron chi connectivity index (χ2n) is 10.0. The molecule has 0 amide bonds. The van der Waals surface area contributed by atoms with Crippen LogP contribution in [-0.4, -0.2) is 17.5 Å². The monoisotopic (exact) mass is 438 g/mol. The molecule has 3 aromatic rings. The molecule has 3 aromatic carbocycles. The Balaban J connectivity index is 1.81.